The summed E-state index contributed by atoms with van der Waals surface area (Å²) >= 11 is 4.92. The molecular weight excluding hydrogens is 230 g/mol. The predicted octanol–water partition coefficient (Wildman–Crippen LogP) is 2.95. The minimum absolute atomic E-state index is 0.337. The average Bonchev–Trinajstić information content (AvgIpc) is 2.30. The van der Waals surface area contributed by atoms with E-state index in [4.69, 9.17) is 18.0 Å². The van der Waals surface area contributed by atoms with Gasteiger partial charge in [-0.3, -0.25) is 0 Å². The summed E-state index contributed by atoms with van der Waals surface area (Å²) in [7, 11) is 0. The smallest absolute Gasteiger partial charge is 0.126 e. The fourth-order valence-electron chi connectivity index (χ4n) is 2.00. The van der Waals surface area contributed by atoms with Gasteiger partial charge < -0.3 is 11.1 Å². The second kappa shape index (κ2) is 6.55. The fourth-order valence-corrected chi connectivity index (χ4v) is 2.11. The Hall–Kier alpha value is -1.16. The molecule has 4 heteroatoms. The minimum Gasteiger partial charge on any atom is -0.388 e. The van der Waals surface area contributed by atoms with Gasteiger partial charge in [0.15, 0.2) is 0 Å². The van der Waals surface area contributed by atoms with Crippen LogP contribution in [0.3, 0.4) is 0 Å². The number of hydrogen-bond donors (Lipinski definition) is 2. The Bertz CT molecular complexity index is 375. The molecular formula is C13H21N3S. The number of nitrogens with zero attached hydrogens (tertiary/aromatic N) is 1. The monoisotopic (exact) mass is 251 g/mol. The summed E-state index contributed by atoms with van der Waals surface area (Å²) in [6, 6.07) is 6.10. The molecule has 0 amide bonds. The Morgan fingerprint density at radius 1 is 1.41 bits per heavy atom. The quantitative estimate of drug-likeness (QED) is 0.763. The number of hydrogen-bond acceptors (Lipinski definition) is 3. The lowest BCUT2D eigenvalue weighted by atomic mass is 9.95. The molecule has 3 N–H and O–H groups in total. The Kier molecular flexibility index (Phi) is 5.35. The van der Waals surface area contributed by atoms with Gasteiger partial charge in [0.2, 0.25) is 0 Å². The number of pyridine rings is 1. The van der Waals surface area contributed by atoms with Crippen LogP contribution in [0.2, 0.25) is 0 Å². The van der Waals surface area contributed by atoms with E-state index in [-0.39, 0.29) is 0 Å². The zero-order chi connectivity index (χ0) is 12.8. The van der Waals surface area contributed by atoms with E-state index in [0.717, 1.165) is 5.82 Å². The van der Waals surface area contributed by atoms with E-state index < -0.39 is 0 Å². The van der Waals surface area contributed by atoms with Crippen molar-refractivity contribution in [2.45, 2.75) is 39.7 Å². The molecule has 0 aliphatic heterocycles. The van der Waals surface area contributed by atoms with E-state index in [1.165, 1.54) is 12.8 Å². The van der Waals surface area contributed by atoms with Crippen LogP contribution >= 0.6 is 12.2 Å². The first-order chi connectivity index (χ1) is 8.08. The summed E-state index contributed by atoms with van der Waals surface area (Å²) in [5.74, 6) is 1.50. The van der Waals surface area contributed by atoms with Crippen molar-refractivity contribution in [2.24, 2.45) is 11.7 Å². The summed E-state index contributed by atoms with van der Waals surface area (Å²) in [6.07, 6.45) is 2.33. The largest absolute Gasteiger partial charge is 0.388 e. The highest BCUT2D eigenvalue weighted by molar-refractivity contribution is 7.80. The Morgan fingerprint density at radius 2 is 2.06 bits per heavy atom. The molecule has 17 heavy (non-hydrogen) atoms. The molecule has 0 bridgehead atoms. The van der Waals surface area contributed by atoms with Gasteiger partial charge >= 0.3 is 0 Å². The van der Waals surface area contributed by atoms with Crippen LogP contribution in [0.25, 0.3) is 0 Å². The van der Waals surface area contributed by atoms with E-state index >= 15 is 0 Å². The molecule has 0 aliphatic rings. The molecule has 0 aromatic carbocycles. The van der Waals surface area contributed by atoms with Gasteiger partial charge in [-0.15, -0.1) is 0 Å². The second-order valence-corrected chi connectivity index (χ2v) is 4.72. The van der Waals surface area contributed by atoms with E-state index in [1.54, 1.807) is 0 Å². The third-order valence-electron chi connectivity index (χ3n) is 3.13. The Labute approximate surface area is 109 Å². The summed E-state index contributed by atoms with van der Waals surface area (Å²) < 4.78 is 0. The van der Waals surface area contributed by atoms with E-state index in [0.29, 0.717) is 22.6 Å². The Morgan fingerprint density at radius 3 is 2.59 bits per heavy atom. The van der Waals surface area contributed by atoms with Gasteiger partial charge in [0, 0.05) is 6.04 Å². The minimum atomic E-state index is 0.337. The molecule has 1 atom stereocenters. The Balaban J connectivity index is 2.74. The number of rotatable bonds is 6. The summed E-state index contributed by atoms with van der Waals surface area (Å²) in [6.45, 7) is 6.61. The maximum Gasteiger partial charge on any atom is 0.126 e. The van der Waals surface area contributed by atoms with Gasteiger partial charge in [0.25, 0.3) is 0 Å². The zero-order valence-corrected chi connectivity index (χ0v) is 11.6. The lowest BCUT2D eigenvalue weighted by Crippen LogP contribution is -2.26. The van der Waals surface area contributed by atoms with Crippen molar-refractivity contribution >= 4 is 23.0 Å². The average molecular weight is 251 g/mol. The summed E-state index contributed by atoms with van der Waals surface area (Å²) in [5.41, 5.74) is 6.24. The highest BCUT2D eigenvalue weighted by atomic mass is 32.1. The van der Waals surface area contributed by atoms with Gasteiger partial charge in [0.05, 0.1) is 5.69 Å². The molecule has 94 valence electrons. The number of thiocarbonyl (C=S) groups is 1. The molecule has 0 aliphatic carbocycles. The third-order valence-corrected chi connectivity index (χ3v) is 3.34. The summed E-state index contributed by atoms with van der Waals surface area (Å²) in [4.78, 5) is 4.72. The van der Waals surface area contributed by atoms with Crippen LogP contribution < -0.4 is 11.1 Å². The van der Waals surface area contributed by atoms with Crippen LogP contribution in [-0.4, -0.2) is 16.0 Å². The third kappa shape index (κ3) is 3.97. The van der Waals surface area contributed by atoms with Crippen molar-refractivity contribution in [1.82, 2.24) is 4.98 Å². The van der Waals surface area contributed by atoms with Gasteiger partial charge in [0.1, 0.15) is 10.8 Å². The van der Waals surface area contributed by atoms with E-state index in [1.807, 2.05) is 18.2 Å². The standard InChI is InChI=1S/C13H21N3S/c1-4-10(5-2)9(3)15-12-8-6-7-11(16-12)13(14)17/h6-10H,4-5H2,1-3H3,(H2,14,17)(H,15,16). The second-order valence-electron chi connectivity index (χ2n) is 4.28. The molecule has 1 heterocycles. The van der Waals surface area contributed by atoms with Crippen LogP contribution in [-0.2, 0) is 0 Å². The number of anilines is 1. The number of nitrogens with two attached hydrogens (primary N) is 1. The molecule has 1 unspecified atom stereocenters. The molecule has 0 radical (unpaired) electrons. The number of aromatic nitrogens is 1. The lowest BCUT2D eigenvalue weighted by Gasteiger charge is -2.23. The van der Waals surface area contributed by atoms with Crippen LogP contribution in [0.4, 0.5) is 5.82 Å². The van der Waals surface area contributed by atoms with Gasteiger partial charge in [-0.1, -0.05) is 45.0 Å². The molecule has 0 fully saturated rings. The van der Waals surface area contributed by atoms with E-state index in [9.17, 15) is 0 Å². The molecule has 0 saturated heterocycles. The van der Waals surface area contributed by atoms with Crippen molar-refractivity contribution in [3.8, 4) is 0 Å². The zero-order valence-electron chi connectivity index (χ0n) is 10.7. The van der Waals surface area contributed by atoms with Crippen LogP contribution in [0, 0.1) is 5.92 Å². The first-order valence-corrected chi connectivity index (χ1v) is 6.52. The molecule has 3 nitrogen and oxygen atoms in total. The van der Waals surface area contributed by atoms with Gasteiger partial charge in [-0.05, 0) is 25.0 Å². The maximum atomic E-state index is 5.57. The predicted molar refractivity (Wildman–Crippen MR) is 77.3 cm³/mol. The van der Waals surface area contributed by atoms with Crippen molar-refractivity contribution in [1.29, 1.82) is 0 Å². The normalized spacial score (nSPS) is 12.5. The molecule has 1 rings (SSSR count). The molecule has 0 spiro atoms. The van der Waals surface area contributed by atoms with Gasteiger partial charge in [-0.25, -0.2) is 4.98 Å². The van der Waals surface area contributed by atoms with Crippen molar-refractivity contribution in [2.75, 3.05) is 5.32 Å². The first kappa shape index (κ1) is 13.9. The first-order valence-electron chi connectivity index (χ1n) is 6.11. The van der Waals surface area contributed by atoms with Crippen molar-refractivity contribution in [3.63, 3.8) is 0 Å². The molecule has 1 aromatic rings. The van der Waals surface area contributed by atoms with Crippen molar-refractivity contribution in [3.05, 3.63) is 23.9 Å². The number of nitrogens with one attached hydrogen (secondary N) is 1. The van der Waals surface area contributed by atoms with Gasteiger partial charge in [-0.2, -0.15) is 0 Å². The summed E-state index contributed by atoms with van der Waals surface area (Å²) in [5, 5.41) is 3.41. The highest BCUT2D eigenvalue weighted by Gasteiger charge is 2.13. The van der Waals surface area contributed by atoms with E-state index in [2.05, 4.69) is 31.1 Å². The molecule has 1 aromatic heterocycles. The molecule has 0 saturated carbocycles. The SMILES string of the molecule is CCC(CC)C(C)Nc1cccc(C(N)=S)n1. The lowest BCUT2D eigenvalue weighted by molar-refractivity contribution is 0.437. The highest BCUT2D eigenvalue weighted by Crippen LogP contribution is 2.17. The maximum absolute atomic E-state index is 5.57. The van der Waals surface area contributed by atoms with Crippen LogP contribution in [0.1, 0.15) is 39.3 Å². The topological polar surface area (TPSA) is 50.9 Å². The van der Waals surface area contributed by atoms with Crippen LogP contribution in [0.15, 0.2) is 18.2 Å². The van der Waals surface area contributed by atoms with Crippen LogP contribution in [0.5, 0.6) is 0 Å². The van der Waals surface area contributed by atoms with Crippen molar-refractivity contribution < 1.29 is 0 Å². The fraction of sp³-hybridized carbons (Fsp3) is 0.538.